The third kappa shape index (κ3) is 4.11. The van der Waals surface area contributed by atoms with E-state index in [2.05, 4.69) is 5.32 Å². The van der Waals surface area contributed by atoms with Crippen LogP contribution in [0.25, 0.3) is 0 Å². The third-order valence-electron chi connectivity index (χ3n) is 3.33. The Morgan fingerprint density at radius 1 is 1.37 bits per heavy atom. The molecule has 5 heteroatoms. The molecule has 0 aromatic heterocycles. The van der Waals surface area contributed by atoms with Gasteiger partial charge in [-0.05, 0) is 31.0 Å². The first-order valence-corrected chi connectivity index (χ1v) is 7.00. The molecule has 0 atom stereocenters. The molecule has 0 bridgehead atoms. The number of rotatable bonds is 5. The van der Waals surface area contributed by atoms with E-state index in [0.29, 0.717) is 24.5 Å². The van der Waals surface area contributed by atoms with Crippen molar-refractivity contribution in [1.82, 2.24) is 10.2 Å². The summed E-state index contributed by atoms with van der Waals surface area (Å²) in [6, 6.07) is 4.96. The number of carbonyl (C=O) groups is 1. The molecule has 0 saturated carbocycles. The number of amides is 1. The van der Waals surface area contributed by atoms with Crippen LogP contribution in [0, 0.1) is 0 Å². The molecule has 19 heavy (non-hydrogen) atoms. The summed E-state index contributed by atoms with van der Waals surface area (Å²) in [5, 5.41) is 13.4. The van der Waals surface area contributed by atoms with Crippen molar-refractivity contribution < 1.29 is 9.90 Å². The van der Waals surface area contributed by atoms with Gasteiger partial charge in [-0.25, -0.2) is 0 Å². The van der Waals surface area contributed by atoms with Gasteiger partial charge < -0.3 is 15.3 Å². The number of hydrogen-bond acceptors (Lipinski definition) is 3. The quantitative estimate of drug-likeness (QED) is 0.814. The molecule has 1 aromatic rings. The molecule has 0 radical (unpaired) electrons. The molecule has 4 nitrogen and oxygen atoms in total. The van der Waals surface area contributed by atoms with Crippen molar-refractivity contribution in [3.8, 4) is 5.75 Å². The van der Waals surface area contributed by atoms with E-state index in [1.807, 2.05) is 4.90 Å². The van der Waals surface area contributed by atoms with Crippen LogP contribution in [0.4, 0.5) is 0 Å². The van der Waals surface area contributed by atoms with Crippen LogP contribution in [0.1, 0.15) is 24.8 Å². The molecule has 1 aliphatic rings. The highest BCUT2D eigenvalue weighted by Crippen LogP contribution is 2.21. The predicted octanol–water partition coefficient (Wildman–Crippen LogP) is 2.15. The molecular weight excluding hydrogens is 264 g/mol. The standard InChI is InChI=1S/C14H19ClN2O2/c15-12-3-4-13(18)11(9-12)10-16-6-5-14(19)17-7-1-2-8-17/h3-4,9,16,18H,1-2,5-8,10H2. The number of hydrogen-bond donors (Lipinski definition) is 2. The topological polar surface area (TPSA) is 52.6 Å². The highest BCUT2D eigenvalue weighted by molar-refractivity contribution is 6.30. The normalized spacial score (nSPS) is 14.9. The Hall–Kier alpha value is -1.26. The number of nitrogens with one attached hydrogen (secondary N) is 1. The summed E-state index contributed by atoms with van der Waals surface area (Å²) in [5.41, 5.74) is 0.751. The summed E-state index contributed by atoms with van der Waals surface area (Å²) in [6.07, 6.45) is 2.74. The van der Waals surface area contributed by atoms with E-state index < -0.39 is 0 Å². The zero-order chi connectivity index (χ0) is 13.7. The Morgan fingerprint density at radius 3 is 2.84 bits per heavy atom. The molecule has 2 N–H and O–H groups in total. The van der Waals surface area contributed by atoms with E-state index in [1.54, 1.807) is 18.2 Å². The summed E-state index contributed by atoms with van der Waals surface area (Å²) in [6.45, 7) is 2.92. The van der Waals surface area contributed by atoms with Gasteiger partial charge in [0.15, 0.2) is 0 Å². The average Bonchev–Trinajstić information content (AvgIpc) is 2.92. The second kappa shape index (κ2) is 6.78. The van der Waals surface area contributed by atoms with Gasteiger partial charge in [-0.15, -0.1) is 0 Å². The lowest BCUT2D eigenvalue weighted by Crippen LogP contribution is -2.30. The molecule has 104 valence electrons. The fraction of sp³-hybridized carbons (Fsp3) is 0.500. The second-order valence-corrected chi connectivity index (χ2v) is 5.22. The Kier molecular flexibility index (Phi) is 5.05. The van der Waals surface area contributed by atoms with Crippen LogP contribution in [0.3, 0.4) is 0 Å². The molecule has 1 heterocycles. The number of nitrogens with zero attached hydrogens (tertiary/aromatic N) is 1. The van der Waals surface area contributed by atoms with Crippen molar-refractivity contribution in [2.45, 2.75) is 25.8 Å². The van der Waals surface area contributed by atoms with E-state index in [1.165, 1.54) is 0 Å². The molecule has 2 rings (SSSR count). The summed E-state index contributed by atoms with van der Waals surface area (Å²) < 4.78 is 0. The van der Waals surface area contributed by atoms with E-state index in [0.717, 1.165) is 31.5 Å². The molecule has 0 unspecified atom stereocenters. The Balaban J connectivity index is 1.71. The lowest BCUT2D eigenvalue weighted by molar-refractivity contribution is -0.130. The van der Waals surface area contributed by atoms with Crippen LogP contribution < -0.4 is 5.32 Å². The summed E-state index contributed by atoms with van der Waals surface area (Å²) >= 11 is 5.87. The van der Waals surface area contributed by atoms with Gasteiger partial charge in [-0.1, -0.05) is 11.6 Å². The number of phenolic OH excluding ortho intramolecular Hbond substituents is 1. The molecule has 1 fully saturated rings. The average molecular weight is 283 g/mol. The fourth-order valence-corrected chi connectivity index (χ4v) is 2.43. The minimum absolute atomic E-state index is 0.209. The van der Waals surface area contributed by atoms with Gasteiger partial charge in [0.2, 0.25) is 5.91 Å². The predicted molar refractivity (Wildman–Crippen MR) is 75.3 cm³/mol. The van der Waals surface area contributed by atoms with E-state index in [4.69, 9.17) is 11.6 Å². The van der Waals surface area contributed by atoms with Gasteiger partial charge in [0, 0.05) is 43.2 Å². The van der Waals surface area contributed by atoms with Gasteiger partial charge >= 0.3 is 0 Å². The molecule has 1 amide bonds. The number of likely N-dealkylation sites (tertiary alicyclic amines) is 1. The summed E-state index contributed by atoms with van der Waals surface area (Å²) in [5.74, 6) is 0.433. The smallest absolute Gasteiger partial charge is 0.223 e. The SMILES string of the molecule is O=C(CCNCc1cc(Cl)ccc1O)N1CCCC1. The van der Waals surface area contributed by atoms with Crippen molar-refractivity contribution >= 4 is 17.5 Å². The molecule has 1 aromatic carbocycles. The van der Waals surface area contributed by atoms with Crippen LogP contribution in [-0.4, -0.2) is 35.5 Å². The molecule has 0 spiro atoms. The molecular formula is C14H19ClN2O2. The lowest BCUT2D eigenvalue weighted by Gasteiger charge is -2.15. The summed E-state index contributed by atoms with van der Waals surface area (Å²) in [7, 11) is 0. The van der Waals surface area contributed by atoms with Crippen LogP contribution >= 0.6 is 11.6 Å². The van der Waals surface area contributed by atoms with Crippen LogP contribution in [0.2, 0.25) is 5.02 Å². The Labute approximate surface area is 118 Å². The molecule has 1 saturated heterocycles. The third-order valence-corrected chi connectivity index (χ3v) is 3.57. The first-order chi connectivity index (χ1) is 9.16. The first kappa shape index (κ1) is 14.2. The van der Waals surface area contributed by atoms with Crippen LogP contribution in [0.15, 0.2) is 18.2 Å². The maximum atomic E-state index is 11.8. The van der Waals surface area contributed by atoms with Gasteiger partial charge in [0.25, 0.3) is 0 Å². The fourth-order valence-electron chi connectivity index (χ4n) is 2.24. The van der Waals surface area contributed by atoms with Crippen molar-refractivity contribution in [3.63, 3.8) is 0 Å². The monoisotopic (exact) mass is 282 g/mol. The van der Waals surface area contributed by atoms with Crippen molar-refractivity contribution in [3.05, 3.63) is 28.8 Å². The highest BCUT2D eigenvalue weighted by Gasteiger charge is 2.16. The maximum Gasteiger partial charge on any atom is 0.223 e. The lowest BCUT2D eigenvalue weighted by atomic mass is 10.2. The zero-order valence-electron chi connectivity index (χ0n) is 10.9. The van der Waals surface area contributed by atoms with E-state index in [-0.39, 0.29) is 11.7 Å². The largest absolute Gasteiger partial charge is 0.508 e. The van der Waals surface area contributed by atoms with Crippen LogP contribution in [-0.2, 0) is 11.3 Å². The minimum Gasteiger partial charge on any atom is -0.508 e. The molecule has 0 aliphatic carbocycles. The number of phenols is 1. The Bertz CT molecular complexity index is 445. The molecule has 1 aliphatic heterocycles. The van der Waals surface area contributed by atoms with E-state index >= 15 is 0 Å². The van der Waals surface area contributed by atoms with Crippen LogP contribution in [0.5, 0.6) is 5.75 Å². The number of benzene rings is 1. The van der Waals surface area contributed by atoms with Gasteiger partial charge in [-0.2, -0.15) is 0 Å². The number of aromatic hydroxyl groups is 1. The minimum atomic E-state index is 0.209. The van der Waals surface area contributed by atoms with Gasteiger partial charge in [0.1, 0.15) is 5.75 Å². The van der Waals surface area contributed by atoms with E-state index in [9.17, 15) is 9.90 Å². The van der Waals surface area contributed by atoms with Gasteiger partial charge in [-0.3, -0.25) is 4.79 Å². The highest BCUT2D eigenvalue weighted by atomic mass is 35.5. The Morgan fingerprint density at radius 2 is 2.11 bits per heavy atom. The maximum absolute atomic E-state index is 11.8. The van der Waals surface area contributed by atoms with Crippen molar-refractivity contribution in [2.75, 3.05) is 19.6 Å². The second-order valence-electron chi connectivity index (χ2n) is 4.79. The summed E-state index contributed by atoms with van der Waals surface area (Å²) in [4.78, 5) is 13.7. The zero-order valence-corrected chi connectivity index (χ0v) is 11.6. The van der Waals surface area contributed by atoms with Crippen molar-refractivity contribution in [2.24, 2.45) is 0 Å². The number of halogens is 1. The van der Waals surface area contributed by atoms with Gasteiger partial charge in [0.05, 0.1) is 0 Å². The van der Waals surface area contributed by atoms with Crippen molar-refractivity contribution in [1.29, 1.82) is 0 Å². The first-order valence-electron chi connectivity index (χ1n) is 6.63. The number of carbonyl (C=O) groups excluding carboxylic acids is 1.